The molecular formula is C17H20O3. The fourth-order valence-electron chi connectivity index (χ4n) is 1.90. The van der Waals surface area contributed by atoms with Crippen LogP contribution >= 0.6 is 0 Å². The van der Waals surface area contributed by atoms with Crippen molar-refractivity contribution >= 4 is 0 Å². The Balaban J connectivity index is 1.78. The maximum absolute atomic E-state index is 5.68. The van der Waals surface area contributed by atoms with Gasteiger partial charge in [-0.25, -0.2) is 9.78 Å². The van der Waals surface area contributed by atoms with Crippen LogP contribution in [-0.2, 0) is 21.1 Å². The summed E-state index contributed by atoms with van der Waals surface area (Å²) in [5, 5.41) is 0. The standard InChI is InChI=1S/C17H20O3/c1-2-18-17(16-11-7-4-8-12-16)14-20-19-13-15-9-5-3-6-10-15/h3-12,17H,2,13-14H2,1H3. The summed E-state index contributed by atoms with van der Waals surface area (Å²) < 4.78 is 5.68. The lowest BCUT2D eigenvalue weighted by Crippen LogP contribution is -2.12. The summed E-state index contributed by atoms with van der Waals surface area (Å²) in [5.41, 5.74) is 2.18. The Bertz CT molecular complexity index is 470. The highest BCUT2D eigenvalue weighted by Crippen LogP contribution is 2.17. The molecule has 0 saturated heterocycles. The van der Waals surface area contributed by atoms with Crippen LogP contribution in [0.25, 0.3) is 0 Å². The molecule has 0 N–H and O–H groups in total. The van der Waals surface area contributed by atoms with Gasteiger partial charge < -0.3 is 4.74 Å². The van der Waals surface area contributed by atoms with Gasteiger partial charge in [0.2, 0.25) is 0 Å². The van der Waals surface area contributed by atoms with Gasteiger partial charge in [-0.05, 0) is 18.1 Å². The molecule has 0 fully saturated rings. The quantitative estimate of drug-likeness (QED) is 0.414. The van der Waals surface area contributed by atoms with Crippen LogP contribution in [0.2, 0.25) is 0 Å². The number of rotatable bonds is 8. The van der Waals surface area contributed by atoms with E-state index in [4.69, 9.17) is 14.5 Å². The maximum atomic E-state index is 5.68. The molecule has 20 heavy (non-hydrogen) atoms. The van der Waals surface area contributed by atoms with Crippen molar-refractivity contribution in [3.05, 3.63) is 71.8 Å². The molecule has 3 nitrogen and oxygen atoms in total. The summed E-state index contributed by atoms with van der Waals surface area (Å²) in [4.78, 5) is 10.5. The number of ether oxygens (including phenoxy) is 1. The number of hydrogen-bond acceptors (Lipinski definition) is 3. The molecule has 1 unspecified atom stereocenters. The molecule has 1 atom stereocenters. The summed E-state index contributed by atoms with van der Waals surface area (Å²) in [6, 6.07) is 20.0. The second-order valence-electron chi connectivity index (χ2n) is 4.39. The van der Waals surface area contributed by atoms with Crippen molar-refractivity contribution in [2.75, 3.05) is 13.2 Å². The summed E-state index contributed by atoms with van der Waals surface area (Å²) >= 11 is 0. The average molecular weight is 272 g/mol. The minimum atomic E-state index is -0.100. The van der Waals surface area contributed by atoms with Gasteiger partial charge >= 0.3 is 0 Å². The predicted octanol–water partition coefficient (Wildman–Crippen LogP) is 3.91. The smallest absolute Gasteiger partial charge is 0.113 e. The van der Waals surface area contributed by atoms with Crippen LogP contribution < -0.4 is 0 Å². The first kappa shape index (κ1) is 14.7. The van der Waals surface area contributed by atoms with Crippen LogP contribution in [0.1, 0.15) is 24.2 Å². The molecule has 0 amide bonds. The Kier molecular flexibility index (Phi) is 6.24. The molecule has 3 heteroatoms. The molecule has 0 radical (unpaired) electrons. The van der Waals surface area contributed by atoms with E-state index in [0.29, 0.717) is 19.8 Å². The van der Waals surface area contributed by atoms with Crippen molar-refractivity contribution in [3.63, 3.8) is 0 Å². The second kappa shape index (κ2) is 8.48. The fourth-order valence-corrected chi connectivity index (χ4v) is 1.90. The van der Waals surface area contributed by atoms with Gasteiger partial charge in [-0.3, -0.25) is 0 Å². The van der Waals surface area contributed by atoms with Crippen molar-refractivity contribution in [2.24, 2.45) is 0 Å². The van der Waals surface area contributed by atoms with Crippen molar-refractivity contribution in [1.29, 1.82) is 0 Å². The first-order valence-corrected chi connectivity index (χ1v) is 6.85. The number of hydrogen-bond donors (Lipinski definition) is 0. The summed E-state index contributed by atoms with van der Waals surface area (Å²) in [6.07, 6.45) is -0.100. The molecule has 2 rings (SSSR count). The fraction of sp³-hybridized carbons (Fsp3) is 0.294. The van der Waals surface area contributed by atoms with Gasteiger partial charge in [0.15, 0.2) is 0 Å². The highest BCUT2D eigenvalue weighted by atomic mass is 17.2. The molecule has 0 aliphatic carbocycles. The lowest BCUT2D eigenvalue weighted by atomic mass is 10.1. The lowest BCUT2D eigenvalue weighted by Gasteiger charge is -2.16. The molecule has 2 aromatic rings. The SMILES string of the molecule is CCOC(COOCc1ccccc1)c1ccccc1. The average Bonchev–Trinajstić information content (AvgIpc) is 2.52. The van der Waals surface area contributed by atoms with E-state index in [9.17, 15) is 0 Å². The van der Waals surface area contributed by atoms with Crippen molar-refractivity contribution in [2.45, 2.75) is 19.6 Å². The van der Waals surface area contributed by atoms with Gasteiger partial charge in [0.05, 0.1) is 0 Å². The van der Waals surface area contributed by atoms with Crippen LogP contribution in [-0.4, -0.2) is 13.2 Å². The first-order chi connectivity index (χ1) is 9.90. The second-order valence-corrected chi connectivity index (χ2v) is 4.39. The van der Waals surface area contributed by atoms with Crippen molar-refractivity contribution < 1.29 is 14.5 Å². The van der Waals surface area contributed by atoms with E-state index in [0.717, 1.165) is 11.1 Å². The third kappa shape index (κ3) is 4.78. The summed E-state index contributed by atoms with van der Waals surface area (Å²) in [7, 11) is 0. The molecule has 0 aliphatic rings. The zero-order valence-corrected chi connectivity index (χ0v) is 11.7. The highest BCUT2D eigenvalue weighted by molar-refractivity contribution is 5.17. The zero-order valence-electron chi connectivity index (χ0n) is 11.7. The van der Waals surface area contributed by atoms with Gasteiger partial charge in [0.1, 0.15) is 19.3 Å². The van der Waals surface area contributed by atoms with E-state index in [1.807, 2.05) is 67.6 Å². The molecule has 0 bridgehead atoms. The third-order valence-corrected chi connectivity index (χ3v) is 2.91. The van der Waals surface area contributed by atoms with E-state index in [2.05, 4.69) is 0 Å². The van der Waals surface area contributed by atoms with Gasteiger partial charge in [-0.15, -0.1) is 0 Å². The largest absolute Gasteiger partial charge is 0.371 e. The minimum absolute atomic E-state index is 0.100. The number of benzene rings is 2. The Labute approximate surface area is 120 Å². The van der Waals surface area contributed by atoms with E-state index in [-0.39, 0.29) is 6.10 Å². The Morgan fingerprint density at radius 2 is 1.50 bits per heavy atom. The highest BCUT2D eigenvalue weighted by Gasteiger charge is 2.11. The van der Waals surface area contributed by atoms with Crippen molar-refractivity contribution in [3.8, 4) is 0 Å². The van der Waals surface area contributed by atoms with E-state index >= 15 is 0 Å². The summed E-state index contributed by atoms with van der Waals surface area (Å²) in [5.74, 6) is 0. The molecule has 0 aliphatic heterocycles. The predicted molar refractivity (Wildman–Crippen MR) is 78.0 cm³/mol. The molecule has 0 heterocycles. The maximum Gasteiger partial charge on any atom is 0.113 e. The molecular weight excluding hydrogens is 252 g/mol. The van der Waals surface area contributed by atoms with Crippen LogP contribution in [0.3, 0.4) is 0 Å². The molecule has 2 aromatic carbocycles. The van der Waals surface area contributed by atoms with Gasteiger partial charge in [0, 0.05) is 6.61 Å². The molecule has 0 spiro atoms. The normalized spacial score (nSPS) is 12.2. The topological polar surface area (TPSA) is 27.7 Å². The van der Waals surface area contributed by atoms with E-state index in [1.54, 1.807) is 0 Å². The zero-order chi connectivity index (χ0) is 14.0. The molecule has 0 aromatic heterocycles. The van der Waals surface area contributed by atoms with Crippen LogP contribution in [0.5, 0.6) is 0 Å². The van der Waals surface area contributed by atoms with Crippen molar-refractivity contribution in [1.82, 2.24) is 0 Å². The lowest BCUT2D eigenvalue weighted by molar-refractivity contribution is -0.316. The van der Waals surface area contributed by atoms with E-state index in [1.165, 1.54) is 0 Å². The summed E-state index contributed by atoms with van der Waals surface area (Å²) in [6.45, 7) is 3.43. The minimum Gasteiger partial charge on any atom is -0.371 e. The first-order valence-electron chi connectivity index (χ1n) is 6.85. The van der Waals surface area contributed by atoms with Crippen LogP contribution in [0.4, 0.5) is 0 Å². The van der Waals surface area contributed by atoms with E-state index < -0.39 is 0 Å². The van der Waals surface area contributed by atoms with Gasteiger partial charge in [-0.1, -0.05) is 60.7 Å². The Hall–Kier alpha value is -1.68. The van der Waals surface area contributed by atoms with Gasteiger partial charge in [-0.2, -0.15) is 0 Å². The van der Waals surface area contributed by atoms with Crippen LogP contribution in [0.15, 0.2) is 60.7 Å². The van der Waals surface area contributed by atoms with Crippen LogP contribution in [0, 0.1) is 0 Å². The molecule has 106 valence electrons. The third-order valence-electron chi connectivity index (χ3n) is 2.91. The van der Waals surface area contributed by atoms with Gasteiger partial charge in [0.25, 0.3) is 0 Å². The monoisotopic (exact) mass is 272 g/mol. The Morgan fingerprint density at radius 1 is 0.850 bits per heavy atom. The Morgan fingerprint density at radius 3 is 2.15 bits per heavy atom. The molecule has 0 saturated carbocycles.